The third kappa shape index (κ3) is 5.99. The van der Waals surface area contributed by atoms with Crippen molar-refractivity contribution in [3.8, 4) is 0 Å². The SMILES string of the molecule is C[C@@H](NC(=S)NCCC[NH+]1CCOCC1)c1ccccc1. The summed E-state index contributed by atoms with van der Waals surface area (Å²) in [6.07, 6.45) is 1.14. The van der Waals surface area contributed by atoms with E-state index in [1.54, 1.807) is 4.90 Å². The molecule has 0 bridgehead atoms. The molecule has 0 radical (unpaired) electrons. The van der Waals surface area contributed by atoms with Gasteiger partial charge in [-0.3, -0.25) is 0 Å². The van der Waals surface area contributed by atoms with E-state index in [1.165, 1.54) is 12.1 Å². The van der Waals surface area contributed by atoms with Crippen LogP contribution in [-0.2, 0) is 4.74 Å². The number of thiocarbonyl (C=S) groups is 1. The van der Waals surface area contributed by atoms with E-state index in [-0.39, 0.29) is 6.04 Å². The second kappa shape index (κ2) is 8.97. The number of benzene rings is 1. The van der Waals surface area contributed by atoms with Crippen LogP contribution in [0.4, 0.5) is 0 Å². The summed E-state index contributed by atoms with van der Waals surface area (Å²) in [5.74, 6) is 0. The second-order valence-corrected chi connectivity index (χ2v) is 5.91. The van der Waals surface area contributed by atoms with E-state index in [2.05, 4.69) is 41.8 Å². The van der Waals surface area contributed by atoms with E-state index in [9.17, 15) is 0 Å². The highest BCUT2D eigenvalue weighted by Gasteiger charge is 2.12. The van der Waals surface area contributed by atoms with E-state index in [0.717, 1.165) is 44.4 Å². The fourth-order valence-corrected chi connectivity index (χ4v) is 2.80. The van der Waals surface area contributed by atoms with Crippen molar-refractivity contribution >= 4 is 17.3 Å². The van der Waals surface area contributed by atoms with Crippen LogP contribution in [0, 0.1) is 0 Å². The second-order valence-electron chi connectivity index (χ2n) is 5.50. The van der Waals surface area contributed by atoms with Gasteiger partial charge in [0.15, 0.2) is 5.11 Å². The molecule has 1 aromatic rings. The molecule has 0 aliphatic carbocycles. The maximum Gasteiger partial charge on any atom is 0.166 e. The monoisotopic (exact) mass is 308 g/mol. The lowest BCUT2D eigenvalue weighted by atomic mass is 10.1. The van der Waals surface area contributed by atoms with Crippen molar-refractivity contribution < 1.29 is 9.64 Å². The van der Waals surface area contributed by atoms with Crippen molar-refractivity contribution in [1.29, 1.82) is 0 Å². The lowest BCUT2D eigenvalue weighted by Gasteiger charge is -2.24. The molecular formula is C16H26N3OS+. The molecule has 2 rings (SSSR count). The average molecular weight is 308 g/mol. The van der Waals surface area contributed by atoms with Crippen molar-refractivity contribution in [2.45, 2.75) is 19.4 Å². The molecule has 0 aromatic heterocycles. The van der Waals surface area contributed by atoms with Crippen LogP contribution in [0.3, 0.4) is 0 Å². The Morgan fingerprint density at radius 3 is 2.71 bits per heavy atom. The topological polar surface area (TPSA) is 37.7 Å². The summed E-state index contributed by atoms with van der Waals surface area (Å²) in [5.41, 5.74) is 1.25. The van der Waals surface area contributed by atoms with Gasteiger partial charge < -0.3 is 20.3 Å². The Balaban J connectivity index is 1.59. The first kappa shape index (κ1) is 16.2. The van der Waals surface area contributed by atoms with E-state index < -0.39 is 0 Å². The summed E-state index contributed by atoms with van der Waals surface area (Å²) < 4.78 is 5.36. The number of morpholine rings is 1. The first-order valence-electron chi connectivity index (χ1n) is 7.76. The number of hydrogen-bond acceptors (Lipinski definition) is 2. The summed E-state index contributed by atoms with van der Waals surface area (Å²) in [4.78, 5) is 1.64. The van der Waals surface area contributed by atoms with Crippen molar-refractivity contribution in [2.24, 2.45) is 0 Å². The maximum atomic E-state index is 5.36. The van der Waals surface area contributed by atoms with Gasteiger partial charge in [0.2, 0.25) is 0 Å². The zero-order chi connectivity index (χ0) is 14.9. The number of quaternary nitrogens is 1. The lowest BCUT2D eigenvalue weighted by Crippen LogP contribution is -3.14. The third-order valence-corrected chi connectivity index (χ3v) is 4.10. The number of ether oxygens (including phenoxy) is 1. The fourth-order valence-electron chi connectivity index (χ4n) is 2.52. The first-order valence-corrected chi connectivity index (χ1v) is 8.17. The summed E-state index contributed by atoms with van der Waals surface area (Å²) in [6, 6.07) is 10.6. The minimum Gasteiger partial charge on any atom is -0.370 e. The van der Waals surface area contributed by atoms with Crippen LogP contribution in [0.5, 0.6) is 0 Å². The van der Waals surface area contributed by atoms with Gasteiger partial charge in [0.25, 0.3) is 0 Å². The Hall–Kier alpha value is -1.17. The van der Waals surface area contributed by atoms with Gasteiger partial charge in [-0.1, -0.05) is 30.3 Å². The van der Waals surface area contributed by atoms with Crippen molar-refractivity contribution in [3.63, 3.8) is 0 Å². The zero-order valence-corrected chi connectivity index (χ0v) is 13.5. The molecule has 1 atom stereocenters. The molecule has 0 saturated carbocycles. The van der Waals surface area contributed by atoms with Crippen LogP contribution in [-0.4, -0.2) is 44.5 Å². The summed E-state index contributed by atoms with van der Waals surface area (Å²) in [6.45, 7) is 8.31. The Kier molecular flexibility index (Phi) is 6.92. The highest BCUT2D eigenvalue weighted by molar-refractivity contribution is 7.80. The molecule has 0 amide bonds. The van der Waals surface area contributed by atoms with Gasteiger partial charge in [-0.05, 0) is 24.7 Å². The quantitative estimate of drug-likeness (QED) is 0.529. The molecule has 1 fully saturated rings. The molecular weight excluding hydrogens is 282 g/mol. The molecule has 116 valence electrons. The predicted molar refractivity (Wildman–Crippen MR) is 89.6 cm³/mol. The molecule has 1 aliphatic rings. The molecule has 1 heterocycles. The Morgan fingerprint density at radius 1 is 1.29 bits per heavy atom. The molecule has 4 nitrogen and oxygen atoms in total. The predicted octanol–water partition coefficient (Wildman–Crippen LogP) is 0.517. The molecule has 5 heteroatoms. The molecule has 0 spiro atoms. The lowest BCUT2D eigenvalue weighted by molar-refractivity contribution is -0.908. The van der Waals surface area contributed by atoms with Gasteiger partial charge in [-0.15, -0.1) is 0 Å². The zero-order valence-electron chi connectivity index (χ0n) is 12.7. The van der Waals surface area contributed by atoms with Crippen LogP contribution in [0.2, 0.25) is 0 Å². The Morgan fingerprint density at radius 2 is 2.00 bits per heavy atom. The normalized spacial score (nSPS) is 17.2. The van der Waals surface area contributed by atoms with Gasteiger partial charge in [0, 0.05) is 13.0 Å². The number of rotatable bonds is 6. The third-order valence-electron chi connectivity index (χ3n) is 3.84. The number of nitrogens with one attached hydrogen (secondary N) is 3. The molecule has 3 N–H and O–H groups in total. The summed E-state index contributed by atoms with van der Waals surface area (Å²) in [7, 11) is 0. The van der Waals surface area contributed by atoms with Crippen LogP contribution < -0.4 is 15.5 Å². The van der Waals surface area contributed by atoms with Crippen LogP contribution in [0.25, 0.3) is 0 Å². The van der Waals surface area contributed by atoms with Gasteiger partial charge in [0.05, 0.1) is 25.8 Å². The molecule has 1 aromatic carbocycles. The van der Waals surface area contributed by atoms with Crippen LogP contribution in [0.15, 0.2) is 30.3 Å². The van der Waals surface area contributed by atoms with Gasteiger partial charge in [-0.25, -0.2) is 0 Å². The van der Waals surface area contributed by atoms with Gasteiger partial charge >= 0.3 is 0 Å². The van der Waals surface area contributed by atoms with Crippen molar-refractivity contribution in [2.75, 3.05) is 39.4 Å². The van der Waals surface area contributed by atoms with Crippen LogP contribution in [0.1, 0.15) is 24.9 Å². The van der Waals surface area contributed by atoms with Gasteiger partial charge in [-0.2, -0.15) is 0 Å². The molecule has 1 saturated heterocycles. The standard InChI is InChI=1S/C16H25N3OS/c1-14(15-6-3-2-4-7-15)18-16(21)17-8-5-9-19-10-12-20-13-11-19/h2-4,6-7,14H,5,8-13H2,1H3,(H2,17,18,21)/p+1/t14-/m1/s1. The Bertz CT molecular complexity index is 421. The van der Waals surface area contributed by atoms with E-state index in [0.29, 0.717) is 0 Å². The summed E-state index contributed by atoms with van der Waals surface area (Å²) >= 11 is 5.35. The highest BCUT2D eigenvalue weighted by Crippen LogP contribution is 2.10. The van der Waals surface area contributed by atoms with Crippen LogP contribution >= 0.6 is 12.2 Å². The van der Waals surface area contributed by atoms with E-state index >= 15 is 0 Å². The molecule has 0 unspecified atom stereocenters. The maximum absolute atomic E-state index is 5.36. The van der Waals surface area contributed by atoms with Gasteiger partial charge in [0.1, 0.15) is 13.1 Å². The highest BCUT2D eigenvalue weighted by atomic mass is 32.1. The first-order chi connectivity index (χ1) is 10.3. The smallest absolute Gasteiger partial charge is 0.166 e. The fraction of sp³-hybridized carbons (Fsp3) is 0.562. The summed E-state index contributed by atoms with van der Waals surface area (Å²) in [5, 5.41) is 7.37. The minimum absolute atomic E-state index is 0.232. The molecule has 21 heavy (non-hydrogen) atoms. The van der Waals surface area contributed by atoms with Crippen molar-refractivity contribution in [1.82, 2.24) is 10.6 Å². The number of hydrogen-bond donors (Lipinski definition) is 3. The molecule has 1 aliphatic heterocycles. The Labute approximate surface area is 132 Å². The van der Waals surface area contributed by atoms with E-state index in [4.69, 9.17) is 17.0 Å². The van der Waals surface area contributed by atoms with Crippen molar-refractivity contribution in [3.05, 3.63) is 35.9 Å². The minimum atomic E-state index is 0.232. The largest absolute Gasteiger partial charge is 0.370 e. The van der Waals surface area contributed by atoms with E-state index in [1.807, 2.05) is 6.07 Å². The average Bonchev–Trinajstić information content (AvgIpc) is 2.53.